The minimum absolute atomic E-state index is 0.0381. The SMILES string of the molecule is O=C(C1CCCN1C(=O)c1cccs1)N1CCN(C2CCS(=O)(=O)C2)CC1. The first-order chi connectivity index (χ1) is 12.9. The number of thiophene rings is 1. The molecular weight excluding hydrogens is 386 g/mol. The summed E-state index contributed by atoms with van der Waals surface area (Å²) in [5.41, 5.74) is 0. The van der Waals surface area contributed by atoms with Crippen LogP contribution in [0.5, 0.6) is 0 Å². The predicted octanol–water partition coefficient (Wildman–Crippen LogP) is 0.684. The first-order valence-electron chi connectivity index (χ1n) is 9.52. The van der Waals surface area contributed by atoms with E-state index < -0.39 is 9.84 Å². The van der Waals surface area contributed by atoms with Crippen LogP contribution in [0.4, 0.5) is 0 Å². The number of hydrogen-bond acceptors (Lipinski definition) is 6. The van der Waals surface area contributed by atoms with Gasteiger partial charge in [-0.3, -0.25) is 14.5 Å². The fraction of sp³-hybridized carbons (Fsp3) is 0.667. The molecule has 2 unspecified atom stereocenters. The van der Waals surface area contributed by atoms with Gasteiger partial charge in [-0.05, 0) is 30.7 Å². The van der Waals surface area contributed by atoms with Crippen molar-refractivity contribution in [3.63, 3.8) is 0 Å². The van der Waals surface area contributed by atoms with Gasteiger partial charge in [-0.1, -0.05) is 6.07 Å². The molecule has 0 radical (unpaired) electrons. The number of amides is 2. The average molecular weight is 412 g/mol. The summed E-state index contributed by atoms with van der Waals surface area (Å²) < 4.78 is 23.4. The van der Waals surface area contributed by atoms with Crippen LogP contribution in [0.1, 0.15) is 28.9 Å². The molecule has 0 aliphatic carbocycles. The monoisotopic (exact) mass is 411 g/mol. The number of carbonyl (C=O) groups excluding carboxylic acids is 2. The molecule has 3 saturated heterocycles. The van der Waals surface area contributed by atoms with Gasteiger partial charge in [0.1, 0.15) is 6.04 Å². The molecule has 3 fully saturated rings. The second-order valence-corrected chi connectivity index (χ2v) is 10.7. The smallest absolute Gasteiger partial charge is 0.264 e. The summed E-state index contributed by atoms with van der Waals surface area (Å²) in [5, 5.41) is 1.88. The van der Waals surface area contributed by atoms with Gasteiger partial charge < -0.3 is 9.80 Å². The van der Waals surface area contributed by atoms with E-state index in [1.165, 1.54) is 11.3 Å². The van der Waals surface area contributed by atoms with Crippen LogP contribution < -0.4 is 0 Å². The zero-order valence-corrected chi connectivity index (χ0v) is 16.9. The summed E-state index contributed by atoms with van der Waals surface area (Å²) in [4.78, 5) is 32.2. The molecule has 3 aliphatic heterocycles. The van der Waals surface area contributed by atoms with E-state index in [9.17, 15) is 18.0 Å². The molecule has 1 aromatic heterocycles. The van der Waals surface area contributed by atoms with E-state index >= 15 is 0 Å². The number of piperazine rings is 1. The molecule has 27 heavy (non-hydrogen) atoms. The van der Waals surface area contributed by atoms with Gasteiger partial charge in [0.25, 0.3) is 5.91 Å². The molecule has 7 nitrogen and oxygen atoms in total. The Balaban J connectivity index is 1.35. The Bertz CT molecular complexity index is 801. The van der Waals surface area contributed by atoms with Crippen molar-refractivity contribution in [2.45, 2.75) is 31.3 Å². The average Bonchev–Trinajstić information content (AvgIpc) is 3.41. The third kappa shape index (κ3) is 3.90. The summed E-state index contributed by atoms with van der Waals surface area (Å²) in [6, 6.07) is 3.39. The highest BCUT2D eigenvalue weighted by Gasteiger charge is 2.39. The Hall–Kier alpha value is -1.45. The largest absolute Gasteiger partial charge is 0.338 e. The number of nitrogens with zero attached hydrogens (tertiary/aromatic N) is 3. The van der Waals surface area contributed by atoms with Crippen LogP contribution in [0, 0.1) is 0 Å². The van der Waals surface area contributed by atoms with E-state index in [0.717, 1.165) is 12.8 Å². The van der Waals surface area contributed by atoms with Gasteiger partial charge in [0, 0.05) is 38.8 Å². The van der Waals surface area contributed by atoms with Crippen molar-refractivity contribution >= 4 is 33.0 Å². The second-order valence-electron chi connectivity index (χ2n) is 7.55. The second kappa shape index (κ2) is 7.52. The lowest BCUT2D eigenvalue weighted by atomic mass is 10.1. The minimum Gasteiger partial charge on any atom is -0.338 e. The van der Waals surface area contributed by atoms with Crippen molar-refractivity contribution in [1.82, 2.24) is 14.7 Å². The lowest BCUT2D eigenvalue weighted by molar-refractivity contribution is -0.137. The normalized spacial score (nSPS) is 28.6. The van der Waals surface area contributed by atoms with Crippen LogP contribution in [0.15, 0.2) is 17.5 Å². The van der Waals surface area contributed by atoms with E-state index in [2.05, 4.69) is 4.90 Å². The van der Waals surface area contributed by atoms with Crippen LogP contribution in [-0.2, 0) is 14.6 Å². The molecular formula is C18H25N3O4S2. The van der Waals surface area contributed by atoms with E-state index in [1.54, 1.807) is 11.0 Å². The summed E-state index contributed by atoms with van der Waals surface area (Å²) >= 11 is 1.41. The van der Waals surface area contributed by atoms with Crippen LogP contribution >= 0.6 is 11.3 Å². The Morgan fingerprint density at radius 3 is 2.48 bits per heavy atom. The molecule has 0 saturated carbocycles. The lowest BCUT2D eigenvalue weighted by Crippen LogP contribution is -2.56. The lowest BCUT2D eigenvalue weighted by Gasteiger charge is -2.39. The van der Waals surface area contributed by atoms with Crippen LogP contribution in [-0.4, -0.2) is 91.2 Å². The molecule has 2 atom stereocenters. The summed E-state index contributed by atoms with van der Waals surface area (Å²) in [7, 11) is -2.89. The molecule has 0 spiro atoms. The fourth-order valence-electron chi connectivity index (χ4n) is 4.39. The molecule has 2 amide bonds. The predicted molar refractivity (Wildman–Crippen MR) is 104 cm³/mol. The van der Waals surface area contributed by atoms with Gasteiger partial charge in [-0.15, -0.1) is 11.3 Å². The summed E-state index contributed by atoms with van der Waals surface area (Å²) in [5.74, 6) is 0.512. The Kier molecular flexibility index (Phi) is 5.26. The molecule has 0 bridgehead atoms. The van der Waals surface area contributed by atoms with Crippen LogP contribution in [0.3, 0.4) is 0 Å². The molecule has 9 heteroatoms. The fourth-order valence-corrected chi connectivity index (χ4v) is 6.83. The Morgan fingerprint density at radius 1 is 1.07 bits per heavy atom. The topological polar surface area (TPSA) is 78.0 Å². The third-order valence-corrected chi connectivity index (χ3v) is 8.49. The highest BCUT2D eigenvalue weighted by molar-refractivity contribution is 7.91. The number of sulfone groups is 1. The first-order valence-corrected chi connectivity index (χ1v) is 12.2. The Labute approximate surface area is 163 Å². The highest BCUT2D eigenvalue weighted by atomic mass is 32.2. The summed E-state index contributed by atoms with van der Waals surface area (Å²) in [6.07, 6.45) is 2.27. The molecule has 148 valence electrons. The van der Waals surface area contributed by atoms with Gasteiger partial charge in [0.2, 0.25) is 5.91 Å². The third-order valence-electron chi connectivity index (χ3n) is 5.88. The number of hydrogen-bond donors (Lipinski definition) is 0. The minimum atomic E-state index is -2.89. The maximum Gasteiger partial charge on any atom is 0.264 e. The van der Waals surface area contributed by atoms with Crippen molar-refractivity contribution in [2.24, 2.45) is 0 Å². The maximum absolute atomic E-state index is 13.0. The first kappa shape index (κ1) is 18.9. The van der Waals surface area contributed by atoms with Crippen molar-refractivity contribution in [1.29, 1.82) is 0 Å². The quantitative estimate of drug-likeness (QED) is 0.731. The standard InChI is InChI=1S/C18H25N3O4S2/c22-17(15-3-1-6-21(15)18(23)16-4-2-11-26-16)20-9-7-19(8-10-20)14-5-12-27(24,25)13-14/h2,4,11,14-15H,1,3,5-10,12-13H2. The summed E-state index contributed by atoms with van der Waals surface area (Å²) in [6.45, 7) is 3.25. The van der Waals surface area contributed by atoms with Gasteiger partial charge in [0.15, 0.2) is 9.84 Å². The molecule has 0 aromatic carbocycles. The number of carbonyl (C=O) groups is 2. The van der Waals surface area contributed by atoms with E-state index in [1.807, 2.05) is 16.3 Å². The van der Waals surface area contributed by atoms with Crippen LogP contribution in [0.2, 0.25) is 0 Å². The van der Waals surface area contributed by atoms with Gasteiger partial charge in [-0.25, -0.2) is 8.42 Å². The van der Waals surface area contributed by atoms with Crippen molar-refractivity contribution in [3.05, 3.63) is 22.4 Å². The Morgan fingerprint density at radius 2 is 1.85 bits per heavy atom. The van der Waals surface area contributed by atoms with Gasteiger partial charge in [0.05, 0.1) is 16.4 Å². The van der Waals surface area contributed by atoms with E-state index in [0.29, 0.717) is 44.0 Å². The van der Waals surface area contributed by atoms with Crippen LogP contribution in [0.25, 0.3) is 0 Å². The highest BCUT2D eigenvalue weighted by Crippen LogP contribution is 2.25. The molecule has 0 N–H and O–H groups in total. The zero-order valence-electron chi connectivity index (χ0n) is 15.2. The van der Waals surface area contributed by atoms with Crippen molar-refractivity contribution in [2.75, 3.05) is 44.2 Å². The molecule has 3 aliphatic rings. The maximum atomic E-state index is 13.0. The van der Waals surface area contributed by atoms with Crippen molar-refractivity contribution in [3.8, 4) is 0 Å². The zero-order chi connectivity index (χ0) is 19.0. The number of likely N-dealkylation sites (tertiary alicyclic amines) is 1. The molecule has 1 aromatic rings. The van der Waals surface area contributed by atoms with E-state index in [4.69, 9.17) is 0 Å². The van der Waals surface area contributed by atoms with Gasteiger partial charge >= 0.3 is 0 Å². The van der Waals surface area contributed by atoms with Crippen molar-refractivity contribution < 1.29 is 18.0 Å². The van der Waals surface area contributed by atoms with Gasteiger partial charge in [-0.2, -0.15) is 0 Å². The number of rotatable bonds is 3. The molecule has 4 heterocycles. The van der Waals surface area contributed by atoms with E-state index in [-0.39, 0.29) is 35.4 Å². The molecule has 4 rings (SSSR count).